The van der Waals surface area contributed by atoms with E-state index in [0.29, 0.717) is 39.2 Å². The van der Waals surface area contributed by atoms with Crippen LogP contribution >= 0.6 is 11.6 Å². The fourth-order valence-corrected chi connectivity index (χ4v) is 3.22. The molecule has 0 aliphatic carbocycles. The van der Waals surface area contributed by atoms with E-state index in [9.17, 15) is 4.79 Å². The maximum Gasteiger partial charge on any atom is 0.323 e. The number of methoxy groups -OCH3 is 1. The first-order chi connectivity index (χ1) is 14.5. The van der Waals surface area contributed by atoms with Gasteiger partial charge in [-0.25, -0.2) is 24.3 Å². The summed E-state index contributed by atoms with van der Waals surface area (Å²) in [5.74, 6) is 0.295. The summed E-state index contributed by atoms with van der Waals surface area (Å²) in [6.07, 6.45) is 7.42. The largest absolute Gasteiger partial charge is 0.443 e. The lowest BCUT2D eigenvalue weighted by atomic mass is 10.1. The van der Waals surface area contributed by atoms with Gasteiger partial charge in [-0.3, -0.25) is 0 Å². The zero-order chi connectivity index (χ0) is 21.3. The van der Waals surface area contributed by atoms with Gasteiger partial charge in [0.15, 0.2) is 5.65 Å². The van der Waals surface area contributed by atoms with E-state index >= 15 is 0 Å². The second kappa shape index (κ2) is 8.09. The summed E-state index contributed by atoms with van der Waals surface area (Å²) in [6.45, 7) is 3.74. The molecule has 0 saturated heterocycles. The van der Waals surface area contributed by atoms with Crippen molar-refractivity contribution in [2.75, 3.05) is 17.7 Å². The maximum atomic E-state index is 12.6. The molecule has 0 bridgehead atoms. The van der Waals surface area contributed by atoms with Gasteiger partial charge in [0.1, 0.15) is 12.0 Å². The molecule has 0 fully saturated rings. The molecule has 1 atom stereocenters. The number of urea groups is 1. The van der Waals surface area contributed by atoms with Crippen molar-refractivity contribution >= 4 is 34.7 Å². The monoisotopic (exact) mass is 427 g/mol. The number of pyridine rings is 1. The third kappa shape index (κ3) is 3.82. The van der Waals surface area contributed by atoms with E-state index in [4.69, 9.17) is 20.8 Å². The van der Waals surface area contributed by atoms with Gasteiger partial charge in [0.05, 0.1) is 58.5 Å². The van der Waals surface area contributed by atoms with Crippen LogP contribution in [0.15, 0.2) is 41.5 Å². The molecule has 10 nitrogen and oxygen atoms in total. The Kier molecular flexibility index (Phi) is 5.34. The molecule has 0 aliphatic heterocycles. The Morgan fingerprint density at radius 2 is 2.13 bits per heavy atom. The van der Waals surface area contributed by atoms with Crippen LogP contribution in [0.3, 0.4) is 0 Å². The lowest BCUT2D eigenvalue weighted by molar-refractivity contribution is 0.120. The normalized spacial score (nSPS) is 12.1. The van der Waals surface area contributed by atoms with Gasteiger partial charge in [-0.15, -0.1) is 0 Å². The summed E-state index contributed by atoms with van der Waals surface area (Å²) >= 11 is 6.25. The molecule has 0 saturated carbocycles. The fourth-order valence-electron chi connectivity index (χ4n) is 2.97. The van der Waals surface area contributed by atoms with E-state index in [1.165, 1.54) is 18.7 Å². The first-order valence-electron chi connectivity index (χ1n) is 8.97. The number of aryl methyl sites for hydroxylation is 1. The quantitative estimate of drug-likeness (QED) is 0.492. The highest BCUT2D eigenvalue weighted by Gasteiger charge is 2.19. The number of nitrogens with zero attached hydrogens (tertiary/aromatic N) is 5. The van der Waals surface area contributed by atoms with Crippen LogP contribution in [0.25, 0.3) is 17.2 Å². The molecular formula is C19H18ClN7O3. The molecule has 4 heterocycles. The highest BCUT2D eigenvalue weighted by molar-refractivity contribution is 6.33. The lowest BCUT2D eigenvalue weighted by Gasteiger charge is -2.16. The molecular weight excluding hydrogens is 410 g/mol. The van der Waals surface area contributed by atoms with E-state index in [-0.39, 0.29) is 6.10 Å². The van der Waals surface area contributed by atoms with E-state index in [2.05, 4.69) is 30.7 Å². The number of ether oxygens (including phenoxy) is 1. The lowest BCUT2D eigenvalue weighted by Crippen LogP contribution is -2.21. The van der Waals surface area contributed by atoms with Gasteiger partial charge in [-0.1, -0.05) is 11.6 Å². The average molecular weight is 428 g/mol. The number of imidazole rings is 1. The van der Waals surface area contributed by atoms with Crippen molar-refractivity contribution in [2.24, 2.45) is 0 Å². The zero-order valence-corrected chi connectivity index (χ0v) is 17.1. The number of aromatic nitrogens is 5. The molecule has 2 amide bonds. The number of halogens is 1. The van der Waals surface area contributed by atoms with E-state index < -0.39 is 6.03 Å². The number of fused-ring (bicyclic) bond motifs is 1. The van der Waals surface area contributed by atoms with Crippen LogP contribution in [0.5, 0.6) is 0 Å². The Morgan fingerprint density at radius 3 is 2.83 bits per heavy atom. The Morgan fingerprint density at radius 1 is 1.30 bits per heavy atom. The van der Waals surface area contributed by atoms with Crippen molar-refractivity contribution in [1.82, 2.24) is 24.6 Å². The first kappa shape index (κ1) is 19.8. The second-order valence-corrected chi connectivity index (χ2v) is 6.88. The molecule has 0 aliphatic rings. The number of hydrogen-bond acceptors (Lipinski definition) is 7. The Labute approximate surface area is 176 Å². The topological polar surface area (TPSA) is 119 Å². The summed E-state index contributed by atoms with van der Waals surface area (Å²) in [5, 5.41) is 10.1. The molecule has 4 aromatic heterocycles. The van der Waals surface area contributed by atoms with Crippen LogP contribution < -0.4 is 10.6 Å². The number of carbonyl (C=O) groups is 1. The maximum absolute atomic E-state index is 12.6. The van der Waals surface area contributed by atoms with Crippen LogP contribution in [0.4, 0.5) is 16.2 Å². The standard InChI is InChI=1S/C19H18ClN7O3/c1-10-9-27-17(24-10)15(11(2)29-3)14(8-23-27)26-19(28)25-12-6-13(20)16(22-7-12)18-21-4-5-30-18/h4-9,11H,1-3H3,(H2,25,26,28)/t11-/m0/s1. The van der Waals surface area contributed by atoms with Crippen molar-refractivity contribution in [2.45, 2.75) is 20.0 Å². The van der Waals surface area contributed by atoms with Crippen LogP contribution in [-0.2, 0) is 4.74 Å². The van der Waals surface area contributed by atoms with E-state index in [1.807, 2.05) is 13.8 Å². The van der Waals surface area contributed by atoms with Crippen molar-refractivity contribution in [3.63, 3.8) is 0 Å². The van der Waals surface area contributed by atoms with Gasteiger partial charge in [-0.05, 0) is 19.9 Å². The third-order valence-electron chi connectivity index (χ3n) is 4.39. The molecule has 0 unspecified atom stereocenters. The number of anilines is 2. The highest BCUT2D eigenvalue weighted by Crippen LogP contribution is 2.29. The van der Waals surface area contributed by atoms with Gasteiger partial charge in [-0.2, -0.15) is 5.10 Å². The predicted octanol–water partition coefficient (Wildman–Crippen LogP) is 4.09. The van der Waals surface area contributed by atoms with Crippen molar-refractivity contribution in [3.05, 3.63) is 53.4 Å². The van der Waals surface area contributed by atoms with Crippen LogP contribution in [0.2, 0.25) is 5.02 Å². The number of nitrogens with one attached hydrogen (secondary N) is 2. The third-order valence-corrected chi connectivity index (χ3v) is 4.68. The molecule has 2 N–H and O–H groups in total. The number of hydrogen-bond donors (Lipinski definition) is 2. The summed E-state index contributed by atoms with van der Waals surface area (Å²) < 4.78 is 12.3. The van der Waals surface area contributed by atoms with Gasteiger partial charge >= 0.3 is 6.03 Å². The van der Waals surface area contributed by atoms with Gasteiger partial charge in [0.2, 0.25) is 5.89 Å². The molecule has 11 heteroatoms. The van der Waals surface area contributed by atoms with Crippen molar-refractivity contribution < 1.29 is 13.9 Å². The number of oxazole rings is 1. The van der Waals surface area contributed by atoms with Gasteiger partial charge < -0.3 is 19.8 Å². The molecule has 30 heavy (non-hydrogen) atoms. The summed E-state index contributed by atoms with van der Waals surface area (Å²) in [7, 11) is 1.59. The zero-order valence-electron chi connectivity index (χ0n) is 16.4. The summed E-state index contributed by atoms with van der Waals surface area (Å²) in [6, 6.07) is 1.07. The molecule has 4 aromatic rings. The molecule has 0 spiro atoms. The van der Waals surface area contributed by atoms with Gasteiger partial charge in [0.25, 0.3) is 0 Å². The molecule has 0 aromatic carbocycles. The Hall–Kier alpha value is -3.50. The first-order valence-corrected chi connectivity index (χ1v) is 9.35. The molecule has 154 valence electrons. The van der Waals surface area contributed by atoms with Crippen LogP contribution in [0, 0.1) is 6.92 Å². The van der Waals surface area contributed by atoms with E-state index in [0.717, 1.165) is 5.69 Å². The van der Waals surface area contributed by atoms with Gasteiger partial charge in [0, 0.05) is 7.11 Å². The summed E-state index contributed by atoms with van der Waals surface area (Å²) in [4.78, 5) is 25.3. The van der Waals surface area contributed by atoms with Crippen LogP contribution in [0.1, 0.15) is 24.3 Å². The highest BCUT2D eigenvalue weighted by atomic mass is 35.5. The SMILES string of the molecule is CO[C@@H](C)c1c(NC(=O)Nc2cnc(-c3ncco3)c(Cl)c2)cnn2cc(C)nc12. The minimum atomic E-state index is -0.490. The smallest absolute Gasteiger partial charge is 0.323 e. The fraction of sp³-hybridized carbons (Fsp3) is 0.211. The Balaban J connectivity index is 1.57. The van der Waals surface area contributed by atoms with Crippen LogP contribution in [-0.4, -0.2) is 37.7 Å². The predicted molar refractivity (Wildman–Crippen MR) is 111 cm³/mol. The molecule has 4 rings (SSSR count). The second-order valence-electron chi connectivity index (χ2n) is 6.47. The Bertz CT molecular complexity index is 1210. The summed E-state index contributed by atoms with van der Waals surface area (Å²) in [5.41, 5.74) is 3.40. The average Bonchev–Trinajstić information content (AvgIpc) is 3.36. The van der Waals surface area contributed by atoms with Crippen molar-refractivity contribution in [3.8, 4) is 11.6 Å². The minimum Gasteiger partial charge on any atom is -0.443 e. The number of carbonyl (C=O) groups excluding carboxylic acids is 1. The minimum absolute atomic E-state index is 0.292. The number of rotatable bonds is 5. The van der Waals surface area contributed by atoms with E-state index in [1.54, 1.807) is 30.1 Å². The number of amides is 2. The molecule has 0 radical (unpaired) electrons. The van der Waals surface area contributed by atoms with Crippen molar-refractivity contribution in [1.29, 1.82) is 0 Å².